The van der Waals surface area contributed by atoms with E-state index in [2.05, 4.69) is 15.6 Å². The number of aldehydes is 1. The highest BCUT2D eigenvalue weighted by molar-refractivity contribution is 6.32. The molecule has 0 amide bonds. The first-order chi connectivity index (χ1) is 16.3. The molecule has 0 aliphatic heterocycles. The van der Waals surface area contributed by atoms with Crippen LogP contribution in [0.1, 0.15) is 49.9 Å². The highest BCUT2D eigenvalue weighted by Crippen LogP contribution is 2.36. The number of fused-ring (bicyclic) bond motifs is 1. The SMILES string of the molecule is CC(=O)c1cnc2ccc(-c3cc(F)c(O)c(Cl)c3)cc2c1NC1CCC(N[C@@H](C)C=O)CC1. The quantitative estimate of drug-likeness (QED) is 0.303. The highest BCUT2D eigenvalue weighted by atomic mass is 35.5. The number of hydrogen-bond acceptors (Lipinski definition) is 6. The van der Waals surface area contributed by atoms with Gasteiger partial charge in [-0.3, -0.25) is 9.78 Å². The van der Waals surface area contributed by atoms with Gasteiger partial charge in [-0.05, 0) is 74.9 Å². The van der Waals surface area contributed by atoms with E-state index in [1.54, 1.807) is 12.3 Å². The molecule has 8 heteroatoms. The van der Waals surface area contributed by atoms with Gasteiger partial charge in [0.15, 0.2) is 17.3 Å². The van der Waals surface area contributed by atoms with E-state index in [1.807, 2.05) is 19.1 Å². The molecular formula is C26H27ClFN3O3. The van der Waals surface area contributed by atoms with Crippen LogP contribution in [0.3, 0.4) is 0 Å². The maximum Gasteiger partial charge on any atom is 0.170 e. The zero-order chi connectivity index (χ0) is 24.4. The average Bonchev–Trinajstić information content (AvgIpc) is 2.83. The maximum atomic E-state index is 14.1. The highest BCUT2D eigenvalue weighted by Gasteiger charge is 2.24. The van der Waals surface area contributed by atoms with Crippen molar-refractivity contribution < 1.29 is 19.1 Å². The second-order valence-corrected chi connectivity index (χ2v) is 9.31. The van der Waals surface area contributed by atoms with Crippen LogP contribution in [0, 0.1) is 5.82 Å². The molecule has 0 spiro atoms. The van der Waals surface area contributed by atoms with Gasteiger partial charge in [-0.15, -0.1) is 0 Å². The third-order valence-electron chi connectivity index (χ3n) is 6.38. The fourth-order valence-electron chi connectivity index (χ4n) is 4.55. The molecule has 1 saturated carbocycles. The Kier molecular flexibility index (Phi) is 7.14. The maximum absolute atomic E-state index is 14.1. The van der Waals surface area contributed by atoms with Crippen molar-refractivity contribution in [2.75, 3.05) is 5.32 Å². The monoisotopic (exact) mass is 483 g/mol. The van der Waals surface area contributed by atoms with Crippen LogP contribution >= 0.6 is 11.6 Å². The predicted octanol–water partition coefficient (Wildman–Crippen LogP) is 5.50. The Morgan fingerprint density at radius 2 is 1.88 bits per heavy atom. The number of rotatable bonds is 7. The van der Waals surface area contributed by atoms with Crippen molar-refractivity contribution in [2.45, 2.75) is 57.7 Å². The zero-order valence-electron chi connectivity index (χ0n) is 19.1. The summed E-state index contributed by atoms with van der Waals surface area (Å²) < 4.78 is 14.1. The lowest BCUT2D eigenvalue weighted by atomic mass is 9.90. The number of nitrogens with one attached hydrogen (secondary N) is 2. The summed E-state index contributed by atoms with van der Waals surface area (Å²) in [5.74, 6) is -1.48. The van der Waals surface area contributed by atoms with Crippen LogP contribution < -0.4 is 10.6 Å². The van der Waals surface area contributed by atoms with Gasteiger partial charge < -0.3 is 20.5 Å². The predicted molar refractivity (Wildman–Crippen MR) is 132 cm³/mol. The molecule has 1 atom stereocenters. The van der Waals surface area contributed by atoms with Gasteiger partial charge in [-0.25, -0.2) is 4.39 Å². The van der Waals surface area contributed by atoms with Gasteiger partial charge in [-0.1, -0.05) is 17.7 Å². The molecule has 6 nitrogen and oxygen atoms in total. The van der Waals surface area contributed by atoms with E-state index in [0.717, 1.165) is 37.4 Å². The van der Waals surface area contributed by atoms with Gasteiger partial charge >= 0.3 is 0 Å². The summed E-state index contributed by atoms with van der Waals surface area (Å²) in [7, 11) is 0. The Morgan fingerprint density at radius 3 is 2.53 bits per heavy atom. The first-order valence-electron chi connectivity index (χ1n) is 11.4. The van der Waals surface area contributed by atoms with Gasteiger partial charge in [0.2, 0.25) is 0 Å². The summed E-state index contributed by atoms with van der Waals surface area (Å²) >= 11 is 5.98. The third kappa shape index (κ3) is 5.05. The number of aromatic hydroxyl groups is 1. The number of ketones is 1. The molecule has 1 fully saturated rings. The molecule has 3 N–H and O–H groups in total. The summed E-state index contributed by atoms with van der Waals surface area (Å²) in [5, 5.41) is 17.3. The van der Waals surface area contributed by atoms with Crippen molar-refractivity contribution in [3.05, 3.63) is 52.9 Å². The van der Waals surface area contributed by atoms with Gasteiger partial charge in [0, 0.05) is 23.7 Å². The van der Waals surface area contributed by atoms with Gasteiger partial charge in [0.05, 0.1) is 27.8 Å². The van der Waals surface area contributed by atoms with Crippen LogP contribution in [-0.4, -0.2) is 40.3 Å². The fourth-order valence-corrected chi connectivity index (χ4v) is 4.75. The van der Waals surface area contributed by atoms with Gasteiger partial charge in [0.25, 0.3) is 0 Å². The molecule has 4 rings (SSSR count). The number of phenols is 1. The number of halogens is 2. The number of hydrogen-bond donors (Lipinski definition) is 3. The molecule has 1 aliphatic rings. The van der Waals surface area contributed by atoms with Crippen molar-refractivity contribution in [3.8, 4) is 16.9 Å². The number of nitrogens with zero attached hydrogens (tertiary/aromatic N) is 1. The normalized spacial score (nSPS) is 19.1. The molecule has 2 aromatic carbocycles. The average molecular weight is 484 g/mol. The van der Waals surface area contributed by atoms with Crippen LogP contribution in [-0.2, 0) is 4.79 Å². The van der Waals surface area contributed by atoms with E-state index in [9.17, 15) is 19.1 Å². The minimum Gasteiger partial charge on any atom is -0.504 e. The Labute approximate surface area is 202 Å². The Bertz CT molecular complexity index is 1220. The van der Waals surface area contributed by atoms with Gasteiger partial charge in [-0.2, -0.15) is 0 Å². The summed E-state index contributed by atoms with van der Waals surface area (Å²) in [6.07, 6.45) is 6.13. The number of anilines is 1. The number of carbonyl (C=O) groups is 2. The molecule has 1 aliphatic carbocycles. The molecular weight excluding hydrogens is 457 g/mol. The summed E-state index contributed by atoms with van der Waals surface area (Å²) in [6.45, 7) is 3.36. The summed E-state index contributed by atoms with van der Waals surface area (Å²) in [4.78, 5) is 27.8. The van der Waals surface area contributed by atoms with E-state index < -0.39 is 11.6 Å². The molecule has 1 aromatic heterocycles. The lowest BCUT2D eigenvalue weighted by Gasteiger charge is -2.32. The third-order valence-corrected chi connectivity index (χ3v) is 6.66. The van der Waals surface area contributed by atoms with Crippen LogP contribution in [0.5, 0.6) is 5.75 Å². The Hall–Kier alpha value is -3.03. The van der Waals surface area contributed by atoms with Crippen LogP contribution in [0.25, 0.3) is 22.0 Å². The second-order valence-electron chi connectivity index (χ2n) is 8.91. The number of carbonyl (C=O) groups excluding carboxylic acids is 2. The van der Waals surface area contributed by atoms with Crippen molar-refractivity contribution in [2.24, 2.45) is 0 Å². The second kappa shape index (κ2) is 10.1. The number of Topliss-reactive ketones (excluding diaryl/α,β-unsaturated/α-hetero) is 1. The molecule has 0 bridgehead atoms. The van der Waals surface area contributed by atoms with E-state index in [-0.39, 0.29) is 22.9 Å². The largest absolute Gasteiger partial charge is 0.504 e. The Balaban J connectivity index is 1.68. The van der Waals surface area contributed by atoms with Crippen LogP contribution in [0.15, 0.2) is 36.5 Å². The zero-order valence-corrected chi connectivity index (χ0v) is 19.8. The fraction of sp³-hybridized carbons (Fsp3) is 0.346. The van der Waals surface area contributed by atoms with Crippen molar-refractivity contribution in [3.63, 3.8) is 0 Å². The van der Waals surface area contributed by atoms with E-state index >= 15 is 0 Å². The standard InChI is InChI=1S/C26H27ClFN3O3/c1-14(13-32)30-18-4-6-19(7-5-18)31-25-20-9-16(17-10-22(27)26(34)23(28)11-17)3-8-24(20)29-12-21(25)15(2)33/h3,8-14,18-19,30,34H,4-7H2,1-2H3,(H,29,31)/t14-,18?,19?/m0/s1. The first kappa shape index (κ1) is 24.1. The van der Waals surface area contributed by atoms with Gasteiger partial charge in [0.1, 0.15) is 6.29 Å². The summed E-state index contributed by atoms with van der Waals surface area (Å²) in [6, 6.07) is 8.51. The minimum atomic E-state index is -0.800. The van der Waals surface area contributed by atoms with Crippen LogP contribution in [0.2, 0.25) is 5.02 Å². The van der Waals surface area contributed by atoms with E-state index in [0.29, 0.717) is 33.9 Å². The van der Waals surface area contributed by atoms with E-state index in [1.165, 1.54) is 19.1 Å². The number of pyridine rings is 1. The molecule has 1 heterocycles. The number of aromatic nitrogens is 1. The lowest BCUT2D eigenvalue weighted by molar-refractivity contribution is -0.109. The molecule has 0 unspecified atom stereocenters. The molecule has 178 valence electrons. The summed E-state index contributed by atoms with van der Waals surface area (Å²) in [5.41, 5.74) is 3.11. The number of phenolic OH excluding ortho intramolecular Hbond substituents is 1. The molecule has 0 radical (unpaired) electrons. The van der Waals surface area contributed by atoms with Crippen LogP contribution in [0.4, 0.5) is 10.1 Å². The number of benzene rings is 2. The first-order valence-corrected chi connectivity index (χ1v) is 11.7. The topological polar surface area (TPSA) is 91.3 Å². The molecule has 0 saturated heterocycles. The minimum absolute atomic E-state index is 0.0710. The van der Waals surface area contributed by atoms with Crippen molar-refractivity contribution in [1.82, 2.24) is 10.3 Å². The molecule has 3 aromatic rings. The molecule has 34 heavy (non-hydrogen) atoms. The smallest absolute Gasteiger partial charge is 0.170 e. The van der Waals surface area contributed by atoms with Crippen molar-refractivity contribution in [1.29, 1.82) is 0 Å². The van der Waals surface area contributed by atoms with E-state index in [4.69, 9.17) is 11.6 Å². The lowest BCUT2D eigenvalue weighted by Crippen LogP contribution is -2.41. The Morgan fingerprint density at radius 1 is 1.18 bits per heavy atom. The van der Waals surface area contributed by atoms with Crippen molar-refractivity contribution >= 4 is 40.3 Å².